The Hall–Kier alpha value is -2.88. The Bertz CT molecular complexity index is 871. The third kappa shape index (κ3) is 6.05. The number of allylic oxidation sites excluding steroid dienone is 2. The highest BCUT2D eigenvalue weighted by Crippen LogP contribution is 2.38. The number of carbonyl (C=O) groups is 1. The monoisotopic (exact) mass is 394 g/mol. The van der Waals surface area contributed by atoms with Gasteiger partial charge < -0.3 is 9.84 Å². The van der Waals surface area contributed by atoms with Crippen LogP contribution in [0.3, 0.4) is 0 Å². The Morgan fingerprint density at radius 2 is 1.76 bits per heavy atom. The zero-order chi connectivity index (χ0) is 20.6. The fourth-order valence-electron chi connectivity index (χ4n) is 3.76. The van der Waals surface area contributed by atoms with Crippen molar-refractivity contribution in [2.24, 2.45) is 11.8 Å². The summed E-state index contributed by atoms with van der Waals surface area (Å²) in [6, 6.07) is 13.3. The third-order valence-electron chi connectivity index (χ3n) is 5.41. The molecule has 2 aromatic carbocycles. The van der Waals surface area contributed by atoms with Crippen LogP contribution in [0, 0.1) is 17.7 Å². The van der Waals surface area contributed by atoms with Crippen molar-refractivity contribution in [2.45, 2.75) is 39.2 Å². The smallest absolute Gasteiger partial charge is 0.371 e. The standard InChI is InChI=1S/C18H17FO3.C7H10/c1-2-14-5-3-4-6-15(14)11-17(18(20)21)22-12-13-7-9-16(19)10-8-13;1-2-7-4-3-6(1)5-7/h3-11H,2,12H2,1H3,(H,20,21);1-2,6-7H,3-5H2. The first kappa shape index (κ1) is 20.8. The van der Waals surface area contributed by atoms with Crippen LogP contribution in [0.1, 0.15) is 42.9 Å². The van der Waals surface area contributed by atoms with E-state index in [2.05, 4.69) is 12.2 Å². The molecule has 0 aromatic heterocycles. The first-order valence-corrected chi connectivity index (χ1v) is 10.1. The fraction of sp³-hybridized carbons (Fsp3) is 0.320. The van der Waals surface area contributed by atoms with Crippen LogP contribution in [-0.2, 0) is 22.6 Å². The van der Waals surface area contributed by atoms with E-state index in [1.807, 2.05) is 31.2 Å². The molecule has 152 valence electrons. The number of carboxylic acid groups (broad SMARTS) is 1. The number of halogens is 1. The number of rotatable bonds is 6. The van der Waals surface area contributed by atoms with E-state index >= 15 is 0 Å². The lowest BCUT2D eigenvalue weighted by Crippen LogP contribution is -2.05. The number of hydrogen-bond acceptors (Lipinski definition) is 2. The predicted molar refractivity (Wildman–Crippen MR) is 113 cm³/mol. The maximum atomic E-state index is 12.8. The number of benzene rings is 2. The van der Waals surface area contributed by atoms with Crippen LogP contribution in [0.15, 0.2) is 66.4 Å². The Labute approximate surface area is 171 Å². The molecule has 2 aromatic rings. The normalized spacial score (nSPS) is 19.6. The second kappa shape index (κ2) is 10.1. The molecule has 4 heteroatoms. The topological polar surface area (TPSA) is 46.5 Å². The van der Waals surface area contributed by atoms with Crippen molar-refractivity contribution in [3.8, 4) is 0 Å². The minimum Gasteiger partial charge on any atom is -0.482 e. The first-order valence-electron chi connectivity index (χ1n) is 10.1. The number of aliphatic carboxylic acids is 1. The zero-order valence-electron chi connectivity index (χ0n) is 16.7. The van der Waals surface area contributed by atoms with Gasteiger partial charge in [0.15, 0.2) is 0 Å². The van der Waals surface area contributed by atoms with Crippen molar-refractivity contribution in [3.05, 3.63) is 88.9 Å². The van der Waals surface area contributed by atoms with Gasteiger partial charge in [-0.25, -0.2) is 9.18 Å². The minimum absolute atomic E-state index is 0.0761. The molecule has 0 radical (unpaired) electrons. The number of hydrogen-bond donors (Lipinski definition) is 1. The van der Waals surface area contributed by atoms with Crippen LogP contribution in [0.25, 0.3) is 6.08 Å². The van der Waals surface area contributed by atoms with Gasteiger partial charge in [-0.15, -0.1) is 0 Å². The lowest BCUT2D eigenvalue weighted by atomic mass is 10.0. The molecule has 0 saturated heterocycles. The van der Waals surface area contributed by atoms with Crippen LogP contribution in [-0.4, -0.2) is 11.1 Å². The van der Waals surface area contributed by atoms with Gasteiger partial charge in [0.25, 0.3) is 0 Å². The van der Waals surface area contributed by atoms with Gasteiger partial charge in [0, 0.05) is 0 Å². The van der Waals surface area contributed by atoms with Crippen molar-refractivity contribution in [2.75, 3.05) is 0 Å². The maximum absolute atomic E-state index is 12.8. The fourth-order valence-corrected chi connectivity index (χ4v) is 3.76. The molecule has 0 heterocycles. The van der Waals surface area contributed by atoms with Gasteiger partial charge in [-0.05, 0) is 72.4 Å². The zero-order valence-corrected chi connectivity index (χ0v) is 16.7. The van der Waals surface area contributed by atoms with Gasteiger partial charge in [0.05, 0.1) is 0 Å². The highest BCUT2D eigenvalue weighted by Gasteiger charge is 2.25. The molecule has 2 bridgehead atoms. The van der Waals surface area contributed by atoms with E-state index < -0.39 is 5.97 Å². The number of carboxylic acids is 1. The van der Waals surface area contributed by atoms with E-state index in [0.29, 0.717) is 5.56 Å². The minimum atomic E-state index is -1.13. The predicted octanol–water partition coefficient (Wildman–Crippen LogP) is 6.00. The van der Waals surface area contributed by atoms with Crippen molar-refractivity contribution in [1.29, 1.82) is 0 Å². The molecule has 2 atom stereocenters. The van der Waals surface area contributed by atoms with Gasteiger partial charge in [0.2, 0.25) is 5.76 Å². The van der Waals surface area contributed by atoms with Crippen LogP contribution < -0.4 is 0 Å². The van der Waals surface area contributed by atoms with Gasteiger partial charge >= 0.3 is 5.97 Å². The molecule has 1 N–H and O–H groups in total. The molecule has 2 aliphatic carbocycles. The summed E-state index contributed by atoms with van der Waals surface area (Å²) in [5, 5.41) is 9.27. The number of aryl methyl sites for hydroxylation is 1. The van der Waals surface area contributed by atoms with Gasteiger partial charge in [-0.2, -0.15) is 0 Å². The molecular weight excluding hydrogens is 367 g/mol. The molecule has 0 spiro atoms. The summed E-state index contributed by atoms with van der Waals surface area (Å²) in [7, 11) is 0. The van der Waals surface area contributed by atoms with Gasteiger partial charge in [-0.3, -0.25) is 0 Å². The first-order chi connectivity index (χ1) is 14.0. The molecule has 2 unspecified atom stereocenters. The Kier molecular flexibility index (Phi) is 7.23. The molecule has 29 heavy (non-hydrogen) atoms. The SMILES string of the molecule is C1=CC2CCC1C2.CCc1ccccc1C=C(OCc1ccc(F)cc1)C(=O)O. The highest BCUT2D eigenvalue weighted by atomic mass is 19.1. The molecule has 2 aliphatic rings. The Morgan fingerprint density at radius 1 is 1.10 bits per heavy atom. The van der Waals surface area contributed by atoms with E-state index in [1.165, 1.54) is 37.5 Å². The lowest BCUT2D eigenvalue weighted by Gasteiger charge is -2.09. The van der Waals surface area contributed by atoms with Crippen molar-refractivity contribution < 1.29 is 19.0 Å². The van der Waals surface area contributed by atoms with E-state index in [4.69, 9.17) is 4.74 Å². The molecule has 1 saturated carbocycles. The summed E-state index contributed by atoms with van der Waals surface area (Å²) in [4.78, 5) is 11.3. The molecular formula is C25H27FO3. The summed E-state index contributed by atoms with van der Waals surface area (Å²) < 4.78 is 18.2. The summed E-state index contributed by atoms with van der Waals surface area (Å²) >= 11 is 0. The lowest BCUT2D eigenvalue weighted by molar-refractivity contribution is -0.136. The summed E-state index contributed by atoms with van der Waals surface area (Å²) in [6.07, 6.45) is 11.5. The summed E-state index contributed by atoms with van der Waals surface area (Å²) in [5.41, 5.74) is 2.57. The van der Waals surface area contributed by atoms with Crippen molar-refractivity contribution in [1.82, 2.24) is 0 Å². The van der Waals surface area contributed by atoms with Crippen molar-refractivity contribution >= 4 is 12.0 Å². The van der Waals surface area contributed by atoms with E-state index in [0.717, 1.165) is 29.4 Å². The van der Waals surface area contributed by atoms with Crippen molar-refractivity contribution in [3.63, 3.8) is 0 Å². The summed E-state index contributed by atoms with van der Waals surface area (Å²) in [6.45, 7) is 2.08. The van der Waals surface area contributed by atoms with E-state index in [-0.39, 0.29) is 18.2 Å². The second-order valence-electron chi connectivity index (χ2n) is 7.50. The Morgan fingerprint density at radius 3 is 2.28 bits per heavy atom. The van der Waals surface area contributed by atoms with E-state index in [9.17, 15) is 14.3 Å². The van der Waals surface area contributed by atoms with Gasteiger partial charge in [-0.1, -0.05) is 55.5 Å². The average molecular weight is 394 g/mol. The molecule has 1 fully saturated rings. The summed E-state index contributed by atoms with van der Waals surface area (Å²) in [5.74, 6) is 0.378. The van der Waals surface area contributed by atoms with Gasteiger partial charge in [0.1, 0.15) is 12.4 Å². The maximum Gasteiger partial charge on any atom is 0.371 e. The average Bonchev–Trinajstić information content (AvgIpc) is 3.39. The van der Waals surface area contributed by atoms with Crippen LogP contribution in [0.2, 0.25) is 0 Å². The number of fused-ring (bicyclic) bond motifs is 2. The second-order valence-corrected chi connectivity index (χ2v) is 7.50. The highest BCUT2D eigenvalue weighted by molar-refractivity contribution is 5.90. The largest absolute Gasteiger partial charge is 0.482 e. The molecule has 3 nitrogen and oxygen atoms in total. The van der Waals surface area contributed by atoms with Crippen LogP contribution in [0.5, 0.6) is 0 Å². The molecule has 4 rings (SSSR count). The number of ether oxygens (including phenoxy) is 1. The Balaban J connectivity index is 0.000000283. The molecule has 0 amide bonds. The van der Waals surface area contributed by atoms with Crippen LogP contribution >= 0.6 is 0 Å². The van der Waals surface area contributed by atoms with E-state index in [1.54, 1.807) is 12.1 Å². The molecule has 0 aliphatic heterocycles. The van der Waals surface area contributed by atoms with Crippen LogP contribution in [0.4, 0.5) is 4.39 Å². The third-order valence-corrected chi connectivity index (χ3v) is 5.41. The quantitative estimate of drug-likeness (QED) is 0.371.